The Morgan fingerprint density at radius 2 is 2.12 bits per heavy atom. The molecule has 2 nitrogen and oxygen atoms in total. The van der Waals surface area contributed by atoms with Crippen LogP contribution < -0.4 is 0 Å². The van der Waals surface area contributed by atoms with E-state index in [-0.39, 0.29) is 12.0 Å². The van der Waals surface area contributed by atoms with Crippen LogP contribution in [0.3, 0.4) is 0 Å². The average molecular weight is 295 g/mol. The third kappa shape index (κ3) is 1.76. The van der Waals surface area contributed by atoms with Crippen LogP contribution >= 0.6 is 15.9 Å². The molecule has 90 valence electrons. The van der Waals surface area contributed by atoms with Crippen molar-refractivity contribution in [2.24, 2.45) is 5.92 Å². The molecule has 17 heavy (non-hydrogen) atoms. The summed E-state index contributed by atoms with van der Waals surface area (Å²) in [6, 6.07) is 6.11. The van der Waals surface area contributed by atoms with Gasteiger partial charge >= 0.3 is 0 Å². The molecule has 1 aromatic rings. The largest absolute Gasteiger partial charge is 0.381 e. The molecule has 0 N–H and O–H groups in total. The van der Waals surface area contributed by atoms with Crippen LogP contribution in [-0.2, 0) is 4.74 Å². The Morgan fingerprint density at radius 3 is 2.88 bits per heavy atom. The lowest BCUT2D eigenvalue weighted by Crippen LogP contribution is -2.28. The minimum atomic E-state index is 0.151. The third-order valence-corrected chi connectivity index (χ3v) is 4.65. The molecule has 3 unspecified atom stereocenters. The van der Waals surface area contributed by atoms with Gasteiger partial charge in [-0.3, -0.25) is 4.79 Å². The fraction of sp³-hybridized carbons (Fsp3) is 0.500. The third-order valence-electron chi connectivity index (χ3n) is 4.15. The Labute approximate surface area is 109 Å². The first-order valence-corrected chi connectivity index (χ1v) is 6.86. The molecule has 2 aliphatic carbocycles. The van der Waals surface area contributed by atoms with Gasteiger partial charge in [-0.15, -0.1) is 0 Å². The van der Waals surface area contributed by atoms with E-state index in [1.165, 1.54) is 5.56 Å². The Balaban J connectivity index is 1.98. The van der Waals surface area contributed by atoms with Crippen LogP contribution in [-0.4, -0.2) is 19.0 Å². The monoisotopic (exact) mass is 294 g/mol. The lowest BCUT2D eigenvalue weighted by Gasteiger charge is -2.30. The van der Waals surface area contributed by atoms with Gasteiger partial charge in [-0.1, -0.05) is 22.0 Å². The maximum Gasteiger partial charge on any atom is 0.166 e. The van der Waals surface area contributed by atoms with Gasteiger partial charge in [-0.2, -0.15) is 0 Å². The minimum absolute atomic E-state index is 0.151. The van der Waals surface area contributed by atoms with Gasteiger partial charge < -0.3 is 4.74 Å². The molecule has 0 bridgehead atoms. The van der Waals surface area contributed by atoms with Gasteiger partial charge in [-0.05, 0) is 42.9 Å². The van der Waals surface area contributed by atoms with Gasteiger partial charge in [0.1, 0.15) is 0 Å². The summed E-state index contributed by atoms with van der Waals surface area (Å²) in [5.41, 5.74) is 2.17. The molecule has 0 aliphatic heterocycles. The van der Waals surface area contributed by atoms with Crippen molar-refractivity contribution in [2.45, 2.75) is 31.3 Å². The van der Waals surface area contributed by atoms with Crippen molar-refractivity contribution in [1.82, 2.24) is 0 Å². The maximum absolute atomic E-state index is 12.4. The van der Waals surface area contributed by atoms with Gasteiger partial charge in [0.05, 0.1) is 6.10 Å². The fourth-order valence-electron chi connectivity index (χ4n) is 3.27. The van der Waals surface area contributed by atoms with E-state index in [2.05, 4.69) is 22.0 Å². The quantitative estimate of drug-likeness (QED) is 0.792. The van der Waals surface area contributed by atoms with Crippen LogP contribution in [0.1, 0.15) is 41.1 Å². The Hall–Kier alpha value is -0.670. The zero-order chi connectivity index (χ0) is 12.0. The van der Waals surface area contributed by atoms with E-state index >= 15 is 0 Å². The number of methoxy groups -OCH3 is 1. The Kier molecular flexibility index (Phi) is 2.83. The molecule has 3 heteroatoms. The second kappa shape index (κ2) is 4.21. The highest BCUT2D eigenvalue weighted by atomic mass is 79.9. The predicted octanol–water partition coefficient (Wildman–Crippen LogP) is 3.54. The molecule has 0 amide bonds. The number of carbonyl (C=O) groups is 1. The second-order valence-corrected chi connectivity index (χ2v) is 5.90. The van der Waals surface area contributed by atoms with Gasteiger partial charge in [0.2, 0.25) is 0 Å². The predicted molar refractivity (Wildman–Crippen MR) is 69.4 cm³/mol. The van der Waals surface area contributed by atoms with E-state index in [4.69, 9.17) is 4.74 Å². The molecule has 3 atom stereocenters. The van der Waals surface area contributed by atoms with Crippen molar-refractivity contribution in [3.63, 3.8) is 0 Å². The number of hydrogen-bond donors (Lipinski definition) is 0. The summed E-state index contributed by atoms with van der Waals surface area (Å²) in [4.78, 5) is 12.4. The molecule has 1 fully saturated rings. The number of ketones is 1. The van der Waals surface area contributed by atoms with Crippen molar-refractivity contribution in [2.75, 3.05) is 7.11 Å². The molecule has 3 rings (SSSR count). The first kappa shape index (κ1) is 11.4. The number of carbonyl (C=O) groups excluding carboxylic acids is 1. The number of hydrogen-bond acceptors (Lipinski definition) is 2. The second-order valence-electron chi connectivity index (χ2n) is 4.98. The normalized spacial score (nSPS) is 31.2. The minimum Gasteiger partial charge on any atom is -0.381 e. The SMILES string of the molecule is COC1CCC2c3ccc(Br)cc3C(=O)C2C1. The van der Waals surface area contributed by atoms with Gasteiger partial charge in [-0.25, -0.2) is 0 Å². The van der Waals surface area contributed by atoms with E-state index in [1.54, 1.807) is 7.11 Å². The molecule has 0 saturated heterocycles. The highest BCUT2D eigenvalue weighted by molar-refractivity contribution is 9.10. The fourth-order valence-corrected chi connectivity index (χ4v) is 3.63. The number of ether oxygens (including phenoxy) is 1. The first-order valence-electron chi connectivity index (χ1n) is 6.07. The van der Waals surface area contributed by atoms with Gasteiger partial charge in [0.15, 0.2) is 5.78 Å². The van der Waals surface area contributed by atoms with E-state index < -0.39 is 0 Å². The van der Waals surface area contributed by atoms with Crippen LogP contribution in [0, 0.1) is 5.92 Å². The first-order chi connectivity index (χ1) is 8.20. The summed E-state index contributed by atoms with van der Waals surface area (Å²) >= 11 is 3.44. The highest BCUT2D eigenvalue weighted by Crippen LogP contribution is 2.47. The highest BCUT2D eigenvalue weighted by Gasteiger charge is 2.43. The van der Waals surface area contributed by atoms with E-state index in [1.807, 2.05) is 12.1 Å². The molecular formula is C14H15BrO2. The Bertz CT molecular complexity index is 469. The number of benzene rings is 1. The van der Waals surface area contributed by atoms with Gasteiger partial charge in [0.25, 0.3) is 0 Å². The number of Topliss-reactive ketones (excluding diaryl/α,β-unsaturated/α-hetero) is 1. The number of rotatable bonds is 1. The summed E-state index contributed by atoms with van der Waals surface area (Å²) < 4.78 is 6.40. The van der Waals surface area contributed by atoms with Gasteiger partial charge in [0, 0.05) is 23.1 Å². The average Bonchev–Trinajstić information content (AvgIpc) is 2.62. The molecule has 0 radical (unpaired) electrons. The summed E-state index contributed by atoms with van der Waals surface area (Å²) in [6.07, 6.45) is 3.29. The number of halogens is 1. The Morgan fingerprint density at radius 1 is 1.29 bits per heavy atom. The summed E-state index contributed by atoms with van der Waals surface area (Å²) in [6.45, 7) is 0. The molecule has 0 heterocycles. The van der Waals surface area contributed by atoms with E-state index in [0.717, 1.165) is 29.3 Å². The molecule has 0 spiro atoms. The topological polar surface area (TPSA) is 26.3 Å². The summed E-state index contributed by atoms with van der Waals surface area (Å²) in [7, 11) is 1.74. The maximum atomic E-state index is 12.4. The molecular weight excluding hydrogens is 280 g/mol. The molecule has 1 aromatic carbocycles. The molecule has 1 saturated carbocycles. The van der Waals surface area contributed by atoms with Crippen molar-refractivity contribution in [3.05, 3.63) is 33.8 Å². The van der Waals surface area contributed by atoms with Crippen molar-refractivity contribution in [3.8, 4) is 0 Å². The zero-order valence-corrected chi connectivity index (χ0v) is 11.4. The lowest BCUT2D eigenvalue weighted by molar-refractivity contribution is 0.0424. The number of fused-ring (bicyclic) bond motifs is 3. The van der Waals surface area contributed by atoms with Crippen LogP contribution in [0.5, 0.6) is 0 Å². The van der Waals surface area contributed by atoms with Crippen LogP contribution in [0.15, 0.2) is 22.7 Å². The van der Waals surface area contributed by atoms with Crippen molar-refractivity contribution < 1.29 is 9.53 Å². The lowest BCUT2D eigenvalue weighted by atomic mass is 9.78. The van der Waals surface area contributed by atoms with Crippen LogP contribution in [0.4, 0.5) is 0 Å². The molecule has 2 aliphatic rings. The van der Waals surface area contributed by atoms with Crippen molar-refractivity contribution in [1.29, 1.82) is 0 Å². The van der Waals surface area contributed by atoms with E-state index in [0.29, 0.717) is 11.7 Å². The van der Waals surface area contributed by atoms with Crippen molar-refractivity contribution >= 4 is 21.7 Å². The smallest absolute Gasteiger partial charge is 0.166 e. The standard InChI is InChI=1S/C14H15BrO2/c1-17-9-3-5-11-10-4-2-8(15)6-12(10)14(16)13(11)7-9/h2,4,6,9,11,13H,3,5,7H2,1H3. The van der Waals surface area contributed by atoms with Crippen LogP contribution in [0.25, 0.3) is 0 Å². The van der Waals surface area contributed by atoms with Crippen LogP contribution in [0.2, 0.25) is 0 Å². The zero-order valence-electron chi connectivity index (χ0n) is 9.78. The molecule has 0 aromatic heterocycles. The summed E-state index contributed by atoms with van der Waals surface area (Å²) in [5, 5.41) is 0. The van der Waals surface area contributed by atoms with E-state index in [9.17, 15) is 4.79 Å². The summed E-state index contributed by atoms with van der Waals surface area (Å²) in [5.74, 6) is 0.892.